The molecule has 12 heteroatoms. The monoisotopic (exact) mass is 781 g/mol. The Bertz CT molecular complexity index is 2580. The topological polar surface area (TPSA) is 114 Å². The van der Waals surface area contributed by atoms with Crippen molar-refractivity contribution in [2.75, 3.05) is 55.4 Å². The molecule has 10 nitrogen and oxygen atoms in total. The molecular formula is C45H45F2N5O5. The van der Waals surface area contributed by atoms with E-state index in [0.29, 0.717) is 41.8 Å². The molecule has 57 heavy (non-hydrogen) atoms. The minimum Gasteiger partial charge on any atom is -0.508 e. The highest BCUT2D eigenvalue weighted by Crippen LogP contribution is 2.38. The summed E-state index contributed by atoms with van der Waals surface area (Å²) < 4.78 is 104. The summed E-state index contributed by atoms with van der Waals surface area (Å²) in [5.74, 6) is -8.51. The molecule has 0 aliphatic carbocycles. The van der Waals surface area contributed by atoms with Crippen LogP contribution in [0.5, 0.6) is 5.75 Å². The molecule has 3 saturated heterocycles. The number of fused-ring (bicyclic) bond motifs is 1. The van der Waals surface area contributed by atoms with Crippen molar-refractivity contribution in [2.45, 2.75) is 45.1 Å². The third kappa shape index (κ3) is 7.41. The first kappa shape index (κ1) is 29.4. The lowest BCUT2D eigenvalue weighted by molar-refractivity contribution is -0.136. The lowest BCUT2D eigenvalue weighted by Crippen LogP contribution is -2.54. The molecule has 0 aromatic heterocycles. The zero-order valence-corrected chi connectivity index (χ0v) is 31.0. The number of phenols is 1. The Morgan fingerprint density at radius 1 is 0.807 bits per heavy atom. The molecule has 0 radical (unpaired) electrons. The number of piperazine rings is 1. The van der Waals surface area contributed by atoms with Gasteiger partial charge in [0.05, 0.1) is 16.6 Å². The number of allylic oxidation sites excluding steroid dienone is 1. The highest BCUT2D eigenvalue weighted by molar-refractivity contribution is 6.24. The molecule has 8 rings (SSSR count). The van der Waals surface area contributed by atoms with E-state index in [0.717, 1.165) is 39.9 Å². The van der Waals surface area contributed by atoms with E-state index in [4.69, 9.17) is 11.0 Å². The summed E-state index contributed by atoms with van der Waals surface area (Å²) in [7, 11) is 0. The predicted octanol–water partition coefficient (Wildman–Crippen LogP) is 6.48. The van der Waals surface area contributed by atoms with E-state index in [1.807, 2.05) is 59.9 Å². The van der Waals surface area contributed by atoms with Gasteiger partial charge in [0.1, 0.15) is 23.3 Å². The zero-order valence-electron chi connectivity index (χ0n) is 39.0. The summed E-state index contributed by atoms with van der Waals surface area (Å²) in [4.78, 5) is 53.7. The van der Waals surface area contributed by atoms with Crippen molar-refractivity contribution in [3.63, 3.8) is 0 Å². The number of piperidine rings is 2. The molecule has 1 unspecified atom stereocenters. The van der Waals surface area contributed by atoms with Crippen molar-refractivity contribution in [1.82, 2.24) is 15.1 Å². The number of phenolic OH excluding ortho intramolecular Hbond substituents is 1. The molecule has 294 valence electrons. The first-order chi connectivity index (χ1) is 30.6. The number of nitrogens with one attached hydrogen (secondary N) is 1. The molecule has 3 fully saturated rings. The number of amides is 4. The number of benzene rings is 4. The van der Waals surface area contributed by atoms with Crippen LogP contribution in [0.4, 0.5) is 20.2 Å². The smallest absolute Gasteiger partial charge is 0.265 e. The predicted molar refractivity (Wildman–Crippen MR) is 214 cm³/mol. The summed E-state index contributed by atoms with van der Waals surface area (Å²) in [5.41, 5.74) is 2.35. The number of halogens is 2. The summed E-state index contributed by atoms with van der Waals surface area (Å²) in [5, 5.41) is 12.0. The summed E-state index contributed by atoms with van der Waals surface area (Å²) in [6, 6.07) is 23.9. The minimum absolute atomic E-state index is 0.151. The second-order valence-electron chi connectivity index (χ2n) is 14.4. The molecule has 0 spiro atoms. The quantitative estimate of drug-likeness (QED) is 0.147. The maximum absolute atomic E-state index is 16.6. The van der Waals surface area contributed by atoms with Gasteiger partial charge in [-0.1, -0.05) is 61.5 Å². The third-order valence-electron chi connectivity index (χ3n) is 10.9. The van der Waals surface area contributed by atoms with Crippen LogP contribution in [0.3, 0.4) is 0 Å². The average molecular weight is 782 g/mol. The van der Waals surface area contributed by atoms with Crippen LogP contribution in [0.15, 0.2) is 84.9 Å². The van der Waals surface area contributed by atoms with Crippen molar-refractivity contribution in [1.29, 1.82) is 0 Å². The number of nitrogens with zero attached hydrogens (tertiary/aromatic N) is 4. The first-order valence-corrected chi connectivity index (χ1v) is 18.9. The van der Waals surface area contributed by atoms with Crippen LogP contribution in [-0.2, 0) is 9.59 Å². The van der Waals surface area contributed by atoms with Crippen LogP contribution in [0.25, 0.3) is 11.1 Å². The third-order valence-corrected chi connectivity index (χ3v) is 10.9. The Balaban J connectivity index is 1.02. The van der Waals surface area contributed by atoms with Crippen molar-refractivity contribution in [2.24, 2.45) is 5.92 Å². The van der Waals surface area contributed by atoms with Crippen LogP contribution >= 0.6 is 0 Å². The fourth-order valence-corrected chi connectivity index (χ4v) is 8.00. The van der Waals surface area contributed by atoms with Gasteiger partial charge in [0, 0.05) is 63.2 Å². The van der Waals surface area contributed by atoms with E-state index in [2.05, 4.69) is 24.0 Å². The molecular weight excluding hydrogens is 729 g/mol. The molecule has 1 atom stereocenters. The molecule has 0 bridgehead atoms. The van der Waals surface area contributed by atoms with Crippen LogP contribution < -0.4 is 15.1 Å². The molecule has 4 aromatic rings. The number of carbonyl (C=O) groups is 4. The largest absolute Gasteiger partial charge is 0.508 e. The molecule has 4 aliphatic heterocycles. The van der Waals surface area contributed by atoms with Gasteiger partial charge in [0.25, 0.3) is 11.8 Å². The van der Waals surface area contributed by atoms with Gasteiger partial charge in [-0.2, -0.15) is 0 Å². The van der Waals surface area contributed by atoms with Crippen LogP contribution in [-0.4, -0.2) is 90.2 Å². The van der Waals surface area contributed by atoms with E-state index in [-0.39, 0.29) is 23.5 Å². The molecule has 0 saturated carbocycles. The van der Waals surface area contributed by atoms with E-state index < -0.39 is 96.6 Å². The number of imide groups is 2. The maximum Gasteiger partial charge on any atom is 0.265 e. The number of hydrogen-bond acceptors (Lipinski definition) is 8. The lowest BCUT2D eigenvalue weighted by Gasteiger charge is -2.40. The number of hydrogen-bond donors (Lipinski definition) is 2. The Morgan fingerprint density at radius 3 is 2.09 bits per heavy atom. The van der Waals surface area contributed by atoms with Gasteiger partial charge in [-0.3, -0.25) is 34.3 Å². The van der Waals surface area contributed by atoms with Gasteiger partial charge in [-0.15, -0.1) is 0 Å². The lowest BCUT2D eigenvalue weighted by atomic mass is 9.88. The maximum atomic E-state index is 16.6. The summed E-state index contributed by atoms with van der Waals surface area (Å²) in [6.07, 6.45) is 0.901. The highest BCUT2D eigenvalue weighted by Gasteiger charge is 2.47. The molecule has 4 heterocycles. The van der Waals surface area contributed by atoms with Gasteiger partial charge < -0.3 is 14.9 Å². The SMILES string of the molecule is [2H]C1([2H])N(CC2CCN(c3ccc(C(=C(CC)c4ccccc4)c4ccc(O)cc4)cc3)CC2)C([2H])([2H])C([2H])([2H])N(c2c(F)cc3c(c2F)C(=O)N(C2CCC(=O)NC2=O)C3=O)C1([2H])[2H]. The fraction of sp³-hybridized carbons (Fsp3) is 0.333. The Labute approximate surface area is 341 Å². The van der Waals surface area contributed by atoms with Crippen molar-refractivity contribution >= 4 is 46.1 Å². The van der Waals surface area contributed by atoms with Crippen molar-refractivity contribution in [3.8, 4) is 5.75 Å². The van der Waals surface area contributed by atoms with Gasteiger partial charge >= 0.3 is 0 Å². The number of aromatic hydroxyl groups is 1. The van der Waals surface area contributed by atoms with Gasteiger partial charge in [0.2, 0.25) is 11.8 Å². The standard InChI is InChI=1S/C45H45F2N5O5/c1-2-34(29-6-4-3-5-7-29)39(31-10-14-33(53)15-11-31)30-8-12-32(13-9-30)50-20-18-28(19-21-50)27-49-22-24-51(25-23-49)42-36(46)26-35-40(41(42)47)45(57)52(44(35)56)37-16-17-38(54)48-43(37)55/h3-15,26,28,37,53H,2,16-25,27H2,1H3,(H,48,54,55)/i22D2,23D2,24D2,25D2. The Hall–Kier alpha value is -5.88. The fourth-order valence-electron chi connectivity index (χ4n) is 8.00. The van der Waals surface area contributed by atoms with E-state index in [9.17, 15) is 24.3 Å². The molecule has 4 amide bonds. The van der Waals surface area contributed by atoms with Gasteiger partial charge in [0.15, 0.2) is 5.82 Å². The average Bonchev–Trinajstić information content (AvgIpc) is 3.51. The first-order valence-electron chi connectivity index (χ1n) is 22.9. The zero-order chi connectivity index (χ0) is 47.0. The van der Waals surface area contributed by atoms with Gasteiger partial charge in [-0.25, -0.2) is 8.78 Å². The summed E-state index contributed by atoms with van der Waals surface area (Å²) in [6.45, 7) is -11.8. The molecule has 4 aliphatic rings. The van der Waals surface area contributed by atoms with Crippen molar-refractivity contribution in [3.05, 3.63) is 124 Å². The normalized spacial score (nSPS) is 25.5. The van der Waals surface area contributed by atoms with Crippen LogP contribution in [0, 0.1) is 17.6 Å². The number of carbonyl (C=O) groups excluding carboxylic acids is 4. The highest BCUT2D eigenvalue weighted by atomic mass is 19.1. The van der Waals surface area contributed by atoms with E-state index in [1.54, 1.807) is 12.1 Å². The van der Waals surface area contributed by atoms with E-state index in [1.165, 1.54) is 0 Å². The molecule has 4 aromatic carbocycles. The number of rotatable bonds is 9. The second kappa shape index (κ2) is 15.9. The van der Waals surface area contributed by atoms with Crippen LogP contribution in [0.2, 0.25) is 0 Å². The van der Waals surface area contributed by atoms with Crippen molar-refractivity contribution < 1.29 is 44.0 Å². The second-order valence-corrected chi connectivity index (χ2v) is 14.4. The Kier molecular flexibility index (Phi) is 8.21. The minimum atomic E-state index is -3.71. The summed E-state index contributed by atoms with van der Waals surface area (Å²) >= 11 is 0. The number of anilines is 2. The van der Waals surface area contributed by atoms with Crippen LogP contribution in [0.1, 0.15) is 87.4 Å². The Morgan fingerprint density at radius 2 is 1.46 bits per heavy atom. The van der Waals surface area contributed by atoms with Gasteiger partial charge in [-0.05, 0) is 89.8 Å². The molecule has 2 N–H and O–H groups in total. The van der Waals surface area contributed by atoms with E-state index >= 15 is 8.78 Å².